The van der Waals surface area contributed by atoms with E-state index in [1.165, 1.54) is 32.4 Å². The number of thiol groups is 1. The van der Waals surface area contributed by atoms with Gasteiger partial charge in [0, 0.05) is 12.6 Å². The maximum Gasteiger partial charge on any atom is 0.233 e. The quantitative estimate of drug-likeness (QED) is 0.739. The second-order valence-corrected chi connectivity index (χ2v) is 6.02. The van der Waals surface area contributed by atoms with Gasteiger partial charge in [0.2, 0.25) is 5.91 Å². The van der Waals surface area contributed by atoms with E-state index in [-0.39, 0.29) is 23.1 Å². The third kappa shape index (κ3) is 5.30. The Morgan fingerprint density at radius 3 is 2.35 bits per heavy atom. The van der Waals surface area contributed by atoms with Crippen LogP contribution in [0, 0.1) is 5.92 Å². The average molecular weight is 258 g/mol. The summed E-state index contributed by atoms with van der Waals surface area (Å²) >= 11 is 4.33. The topological polar surface area (TPSA) is 32.3 Å². The Morgan fingerprint density at radius 1 is 1.24 bits per heavy atom. The summed E-state index contributed by atoms with van der Waals surface area (Å²) in [6.45, 7) is 9.43. The van der Waals surface area contributed by atoms with Crippen molar-refractivity contribution in [1.29, 1.82) is 0 Å². The van der Waals surface area contributed by atoms with Gasteiger partial charge in [0.05, 0.1) is 5.25 Å². The van der Waals surface area contributed by atoms with Crippen LogP contribution in [0.15, 0.2) is 0 Å². The van der Waals surface area contributed by atoms with Gasteiger partial charge in [-0.15, -0.1) is 0 Å². The van der Waals surface area contributed by atoms with E-state index in [4.69, 9.17) is 0 Å². The highest BCUT2D eigenvalue weighted by Gasteiger charge is 2.20. The smallest absolute Gasteiger partial charge is 0.233 e. The average Bonchev–Trinajstić information content (AvgIpc) is 2.28. The number of likely N-dealkylation sites (tertiary alicyclic amines) is 1. The summed E-state index contributed by atoms with van der Waals surface area (Å²) in [6.07, 6.45) is 3.94. The third-order valence-electron chi connectivity index (χ3n) is 3.27. The minimum Gasteiger partial charge on any atom is -0.351 e. The van der Waals surface area contributed by atoms with Crippen molar-refractivity contribution in [3.63, 3.8) is 0 Å². The first-order valence-corrected chi connectivity index (χ1v) is 7.23. The summed E-state index contributed by atoms with van der Waals surface area (Å²) in [5.74, 6) is 0.341. The molecule has 0 radical (unpaired) electrons. The first-order chi connectivity index (χ1) is 8.00. The molecule has 0 aliphatic carbocycles. The Balaban J connectivity index is 2.28. The monoisotopic (exact) mass is 258 g/mol. The van der Waals surface area contributed by atoms with Gasteiger partial charge in [0.25, 0.3) is 0 Å². The number of hydrogen-bond donors (Lipinski definition) is 2. The van der Waals surface area contributed by atoms with Crippen molar-refractivity contribution in [2.45, 2.75) is 51.3 Å². The molecule has 100 valence electrons. The van der Waals surface area contributed by atoms with Gasteiger partial charge in [-0.2, -0.15) is 12.6 Å². The lowest BCUT2D eigenvalue weighted by Gasteiger charge is -2.30. The summed E-state index contributed by atoms with van der Waals surface area (Å²) in [5.41, 5.74) is 0. The van der Waals surface area contributed by atoms with Crippen LogP contribution in [-0.2, 0) is 4.79 Å². The standard InChI is InChI=1S/C13H26N2OS/c1-10(2)12(17)13(16)14-11(3)9-15-7-5-4-6-8-15/h10-12,17H,4-9H2,1-3H3,(H,14,16). The summed E-state index contributed by atoms with van der Waals surface area (Å²) in [7, 11) is 0. The molecule has 1 heterocycles. The van der Waals surface area contributed by atoms with E-state index in [0.29, 0.717) is 0 Å². The van der Waals surface area contributed by atoms with Gasteiger partial charge < -0.3 is 10.2 Å². The molecule has 0 aromatic rings. The van der Waals surface area contributed by atoms with Crippen LogP contribution in [0.5, 0.6) is 0 Å². The molecule has 0 aromatic carbocycles. The first kappa shape index (κ1) is 14.8. The molecule has 1 rings (SSSR count). The number of carbonyl (C=O) groups excluding carboxylic acids is 1. The molecule has 0 saturated carbocycles. The molecule has 1 fully saturated rings. The predicted molar refractivity (Wildman–Crippen MR) is 75.5 cm³/mol. The molecule has 3 nitrogen and oxygen atoms in total. The van der Waals surface area contributed by atoms with E-state index in [2.05, 4.69) is 29.8 Å². The Hall–Kier alpha value is -0.220. The van der Waals surface area contributed by atoms with Crippen molar-refractivity contribution in [3.05, 3.63) is 0 Å². The molecule has 0 bridgehead atoms. The zero-order valence-corrected chi connectivity index (χ0v) is 12.2. The number of hydrogen-bond acceptors (Lipinski definition) is 3. The lowest BCUT2D eigenvalue weighted by molar-refractivity contribution is -0.121. The van der Waals surface area contributed by atoms with E-state index in [1.807, 2.05) is 13.8 Å². The Bertz CT molecular complexity index is 240. The van der Waals surface area contributed by atoms with Gasteiger partial charge in [-0.1, -0.05) is 20.3 Å². The van der Waals surface area contributed by atoms with Gasteiger partial charge >= 0.3 is 0 Å². The van der Waals surface area contributed by atoms with Crippen molar-refractivity contribution in [3.8, 4) is 0 Å². The van der Waals surface area contributed by atoms with Crippen molar-refractivity contribution < 1.29 is 4.79 Å². The number of carbonyl (C=O) groups is 1. The number of nitrogens with one attached hydrogen (secondary N) is 1. The van der Waals surface area contributed by atoms with E-state index in [0.717, 1.165) is 6.54 Å². The van der Waals surface area contributed by atoms with E-state index in [9.17, 15) is 4.79 Å². The van der Waals surface area contributed by atoms with Crippen molar-refractivity contribution in [1.82, 2.24) is 10.2 Å². The minimum atomic E-state index is -0.196. The molecular formula is C13H26N2OS. The zero-order valence-electron chi connectivity index (χ0n) is 11.3. The van der Waals surface area contributed by atoms with E-state index >= 15 is 0 Å². The number of nitrogens with zero attached hydrogens (tertiary/aromatic N) is 1. The summed E-state index contributed by atoms with van der Waals surface area (Å²) in [5, 5.41) is 2.86. The molecule has 1 N–H and O–H groups in total. The minimum absolute atomic E-state index is 0.0628. The van der Waals surface area contributed by atoms with Crippen LogP contribution in [0.3, 0.4) is 0 Å². The van der Waals surface area contributed by atoms with Crippen LogP contribution in [0.2, 0.25) is 0 Å². The maximum absolute atomic E-state index is 11.8. The van der Waals surface area contributed by atoms with E-state index < -0.39 is 0 Å². The summed E-state index contributed by atoms with van der Waals surface area (Å²) < 4.78 is 0. The maximum atomic E-state index is 11.8. The number of amides is 1. The SMILES string of the molecule is CC(CN1CCCCC1)NC(=O)C(S)C(C)C. The van der Waals surface area contributed by atoms with Crippen LogP contribution in [0.25, 0.3) is 0 Å². The lowest BCUT2D eigenvalue weighted by Crippen LogP contribution is -2.46. The summed E-state index contributed by atoms with van der Waals surface area (Å²) in [6, 6.07) is 0.217. The van der Waals surface area contributed by atoms with Crippen LogP contribution in [0.4, 0.5) is 0 Å². The van der Waals surface area contributed by atoms with Crippen molar-refractivity contribution in [2.75, 3.05) is 19.6 Å². The van der Waals surface area contributed by atoms with Gasteiger partial charge in [-0.25, -0.2) is 0 Å². The molecule has 4 heteroatoms. The molecular weight excluding hydrogens is 232 g/mol. The van der Waals surface area contributed by atoms with Crippen molar-refractivity contribution >= 4 is 18.5 Å². The van der Waals surface area contributed by atoms with Crippen LogP contribution in [-0.4, -0.2) is 41.7 Å². The Labute approximate surface area is 111 Å². The normalized spacial score (nSPS) is 21.2. The molecule has 1 aliphatic heterocycles. The van der Waals surface area contributed by atoms with Gasteiger partial charge in [0.15, 0.2) is 0 Å². The largest absolute Gasteiger partial charge is 0.351 e. The first-order valence-electron chi connectivity index (χ1n) is 6.71. The molecule has 2 unspecified atom stereocenters. The second kappa shape index (κ2) is 7.27. The molecule has 0 spiro atoms. The zero-order chi connectivity index (χ0) is 12.8. The fourth-order valence-electron chi connectivity index (χ4n) is 2.21. The fourth-order valence-corrected chi connectivity index (χ4v) is 2.28. The predicted octanol–water partition coefficient (Wildman–Crippen LogP) is 1.93. The number of rotatable bonds is 5. The highest BCUT2D eigenvalue weighted by Crippen LogP contribution is 2.11. The van der Waals surface area contributed by atoms with Crippen LogP contribution < -0.4 is 5.32 Å². The lowest BCUT2D eigenvalue weighted by atomic mass is 10.1. The van der Waals surface area contributed by atoms with Gasteiger partial charge in [-0.05, 0) is 38.8 Å². The third-order valence-corrected chi connectivity index (χ3v) is 4.10. The number of piperidine rings is 1. The molecule has 1 amide bonds. The van der Waals surface area contributed by atoms with Crippen LogP contribution in [0.1, 0.15) is 40.0 Å². The Kier molecular flexibility index (Phi) is 6.34. The fraction of sp³-hybridized carbons (Fsp3) is 0.923. The molecule has 1 saturated heterocycles. The molecule has 0 aromatic heterocycles. The molecule has 17 heavy (non-hydrogen) atoms. The van der Waals surface area contributed by atoms with Gasteiger partial charge in [-0.3, -0.25) is 4.79 Å². The van der Waals surface area contributed by atoms with E-state index in [1.54, 1.807) is 0 Å². The molecule has 2 atom stereocenters. The van der Waals surface area contributed by atoms with Crippen LogP contribution >= 0.6 is 12.6 Å². The second-order valence-electron chi connectivity index (χ2n) is 5.46. The molecule has 1 aliphatic rings. The van der Waals surface area contributed by atoms with Gasteiger partial charge in [0.1, 0.15) is 0 Å². The van der Waals surface area contributed by atoms with Crippen molar-refractivity contribution in [2.24, 2.45) is 5.92 Å². The highest BCUT2D eigenvalue weighted by atomic mass is 32.1. The highest BCUT2D eigenvalue weighted by molar-refractivity contribution is 7.81. The Morgan fingerprint density at radius 2 is 1.82 bits per heavy atom. The summed E-state index contributed by atoms with van der Waals surface area (Å²) in [4.78, 5) is 14.3.